The molecule has 2 rings (SSSR count). The molecule has 2 aromatic rings. The normalized spacial score (nSPS) is 8.46. The maximum atomic E-state index is 8.98. The largest absolute Gasteiger partial charge is 2.00 e. The zero-order chi connectivity index (χ0) is 14.7. The van der Waals surface area contributed by atoms with Gasteiger partial charge in [-0.1, -0.05) is 35.0 Å². The van der Waals surface area contributed by atoms with Gasteiger partial charge >= 0.3 is 25.2 Å². The fourth-order valence-corrected chi connectivity index (χ4v) is 3.03. The van der Waals surface area contributed by atoms with Gasteiger partial charge in [0.05, 0.1) is 11.8 Å². The first-order valence-corrected chi connectivity index (χ1v) is 7.38. The average Bonchev–Trinajstić information content (AvgIpc) is 2.42. The van der Waals surface area contributed by atoms with Crippen LogP contribution >= 0.6 is 35.0 Å². The molecule has 0 unspecified atom stereocenters. The molecule has 0 radical (unpaired) electrons. The Hall–Kier alpha value is 0.0834. The van der Waals surface area contributed by atoms with Gasteiger partial charge in [0.15, 0.2) is 4.98 Å². The van der Waals surface area contributed by atoms with E-state index in [1.807, 2.05) is 43.3 Å². The standard InChI is InChI=1S/C14H12Cl2N3S.3ClH.Zn/c1-19(2)13-7-11(16)12(18-17)8-14(13)20-10-5-3-9(15)4-6-10;;;;/h3-8H,1-2H3;3*1H;/q+1;;;;+2/p-3. The second-order valence-electron chi connectivity index (χ2n) is 4.32. The maximum absolute atomic E-state index is 8.98. The molecule has 2 aromatic carbocycles. The smallest absolute Gasteiger partial charge is 1.00 e. The van der Waals surface area contributed by atoms with Crippen LogP contribution in [0.25, 0.3) is 4.98 Å². The minimum Gasteiger partial charge on any atom is -1.00 e. The van der Waals surface area contributed by atoms with E-state index in [1.54, 1.807) is 23.9 Å². The number of benzene rings is 2. The van der Waals surface area contributed by atoms with Gasteiger partial charge in [0, 0.05) is 28.9 Å². The first kappa shape index (κ1) is 28.9. The number of hydrogen-bond acceptors (Lipinski definition) is 3. The van der Waals surface area contributed by atoms with Crippen LogP contribution in [0.4, 0.5) is 11.4 Å². The molecule has 0 N–H and O–H groups in total. The van der Waals surface area contributed by atoms with Gasteiger partial charge in [-0.2, -0.15) is 0 Å². The topological polar surface area (TPSA) is 31.4 Å². The average molecular weight is 497 g/mol. The van der Waals surface area contributed by atoms with Crippen molar-refractivity contribution in [2.75, 3.05) is 19.0 Å². The number of hydrogen-bond donors (Lipinski definition) is 0. The van der Waals surface area contributed by atoms with Crippen molar-refractivity contribution in [3.63, 3.8) is 0 Å². The molecular weight excluding hydrogens is 485 g/mol. The van der Waals surface area contributed by atoms with Crippen LogP contribution in [-0.2, 0) is 19.5 Å². The maximum Gasteiger partial charge on any atom is 2.00 e. The van der Waals surface area contributed by atoms with Crippen molar-refractivity contribution >= 4 is 46.3 Å². The van der Waals surface area contributed by atoms with E-state index in [0.717, 1.165) is 15.5 Å². The summed E-state index contributed by atoms with van der Waals surface area (Å²) in [7, 11) is 3.88. The van der Waals surface area contributed by atoms with Crippen LogP contribution in [0.2, 0.25) is 10.0 Å². The van der Waals surface area contributed by atoms with E-state index in [9.17, 15) is 0 Å². The molecule has 0 spiro atoms. The number of diazo groups is 1. The fourth-order valence-electron chi connectivity index (χ4n) is 1.67. The summed E-state index contributed by atoms with van der Waals surface area (Å²) in [6, 6.07) is 11.1. The van der Waals surface area contributed by atoms with Crippen LogP contribution < -0.4 is 42.1 Å². The van der Waals surface area contributed by atoms with Crippen molar-refractivity contribution in [2.24, 2.45) is 0 Å². The molecule has 0 saturated carbocycles. The van der Waals surface area contributed by atoms with E-state index in [2.05, 4.69) is 4.98 Å². The Morgan fingerprint density at radius 3 is 2.00 bits per heavy atom. The molecule has 24 heavy (non-hydrogen) atoms. The second-order valence-corrected chi connectivity index (χ2v) is 6.28. The summed E-state index contributed by atoms with van der Waals surface area (Å²) in [6.07, 6.45) is 0. The molecule has 10 heteroatoms. The quantitative estimate of drug-likeness (QED) is 0.330. The predicted octanol–water partition coefficient (Wildman–Crippen LogP) is -3.30. The van der Waals surface area contributed by atoms with Gasteiger partial charge in [-0.15, -0.1) is 0 Å². The summed E-state index contributed by atoms with van der Waals surface area (Å²) in [5.74, 6) is 0. The third-order valence-corrected chi connectivity index (χ3v) is 4.27. The van der Waals surface area contributed by atoms with Crippen LogP contribution in [-0.4, -0.2) is 14.1 Å². The Morgan fingerprint density at radius 1 is 1.00 bits per heavy atom. The summed E-state index contributed by atoms with van der Waals surface area (Å²) in [6.45, 7) is 0. The zero-order valence-corrected chi connectivity index (χ0v) is 20.4. The van der Waals surface area contributed by atoms with Gasteiger partial charge in [-0.3, -0.25) is 0 Å². The summed E-state index contributed by atoms with van der Waals surface area (Å²) in [5, 5.41) is 10.1. The molecule has 0 fully saturated rings. The van der Waals surface area contributed by atoms with Crippen LogP contribution in [0.5, 0.6) is 0 Å². The van der Waals surface area contributed by atoms with Gasteiger partial charge in [0.1, 0.15) is 5.02 Å². The molecule has 0 aromatic heterocycles. The molecule has 0 aliphatic heterocycles. The molecule has 0 saturated heterocycles. The van der Waals surface area contributed by atoms with Gasteiger partial charge in [-0.05, 0) is 30.3 Å². The van der Waals surface area contributed by atoms with Crippen LogP contribution in [0, 0.1) is 5.39 Å². The summed E-state index contributed by atoms with van der Waals surface area (Å²) >= 11 is 13.5. The fraction of sp³-hybridized carbons (Fsp3) is 0.143. The molecule has 0 aliphatic carbocycles. The Labute approximate surface area is 187 Å². The Bertz CT molecular complexity index is 677. The van der Waals surface area contributed by atoms with Crippen molar-refractivity contribution in [1.82, 2.24) is 0 Å². The van der Waals surface area contributed by atoms with Gasteiger partial charge in [0.25, 0.3) is 0 Å². The van der Waals surface area contributed by atoms with E-state index < -0.39 is 0 Å². The number of rotatable bonds is 3. The van der Waals surface area contributed by atoms with E-state index in [0.29, 0.717) is 15.7 Å². The second kappa shape index (κ2) is 13.3. The van der Waals surface area contributed by atoms with Crippen LogP contribution in [0.1, 0.15) is 0 Å². The molecule has 0 bridgehead atoms. The summed E-state index contributed by atoms with van der Waals surface area (Å²) < 4.78 is 0. The van der Waals surface area contributed by atoms with Gasteiger partial charge in [0.2, 0.25) is 5.39 Å². The van der Waals surface area contributed by atoms with E-state index in [4.69, 9.17) is 28.6 Å². The zero-order valence-electron chi connectivity index (χ0n) is 12.8. The Balaban J connectivity index is -0.00000110. The molecule has 0 heterocycles. The Kier molecular flexibility index (Phi) is 16.0. The minimum absolute atomic E-state index is 0. The van der Waals surface area contributed by atoms with Crippen molar-refractivity contribution in [2.45, 2.75) is 9.79 Å². The molecule has 3 nitrogen and oxygen atoms in total. The first-order chi connectivity index (χ1) is 9.51. The monoisotopic (exact) mass is 493 g/mol. The van der Waals surface area contributed by atoms with Crippen LogP contribution in [0.15, 0.2) is 46.2 Å². The van der Waals surface area contributed by atoms with E-state index in [-0.39, 0.29) is 56.7 Å². The Morgan fingerprint density at radius 2 is 1.54 bits per heavy atom. The minimum atomic E-state index is 0. The summed E-state index contributed by atoms with van der Waals surface area (Å²) in [4.78, 5) is 7.16. The molecule has 0 atom stereocenters. The molecular formula is C14H12Cl5N3SZn. The van der Waals surface area contributed by atoms with E-state index in [1.165, 1.54) is 0 Å². The number of anilines is 1. The third kappa shape index (κ3) is 7.54. The third-order valence-electron chi connectivity index (χ3n) is 2.66. The summed E-state index contributed by atoms with van der Waals surface area (Å²) in [5.41, 5.74) is 1.32. The van der Waals surface area contributed by atoms with E-state index >= 15 is 0 Å². The predicted molar refractivity (Wildman–Crippen MR) is 86.1 cm³/mol. The van der Waals surface area contributed by atoms with Gasteiger partial charge < -0.3 is 42.1 Å². The molecule has 126 valence electrons. The molecule has 0 aliphatic rings. The number of halogens is 5. The number of nitrogens with zero attached hydrogens (tertiary/aromatic N) is 3. The van der Waals surface area contributed by atoms with Crippen molar-refractivity contribution < 1.29 is 56.7 Å². The van der Waals surface area contributed by atoms with Crippen molar-refractivity contribution in [1.29, 1.82) is 5.39 Å². The van der Waals surface area contributed by atoms with Crippen molar-refractivity contribution in [3.05, 3.63) is 51.4 Å². The van der Waals surface area contributed by atoms with Gasteiger partial charge in [-0.25, -0.2) is 0 Å². The van der Waals surface area contributed by atoms with Crippen LogP contribution in [0.3, 0.4) is 0 Å². The molecule has 0 amide bonds. The van der Waals surface area contributed by atoms with Crippen molar-refractivity contribution in [3.8, 4) is 0 Å². The first-order valence-electron chi connectivity index (χ1n) is 5.80. The SMILES string of the molecule is CN(C)c1cc(Cl)c([N+]#N)cc1Sc1ccc(Cl)cc1.[Cl-].[Cl-].[Cl-].[Zn+2].